The van der Waals surface area contributed by atoms with Gasteiger partial charge in [-0.3, -0.25) is 4.79 Å². The lowest BCUT2D eigenvalue weighted by Gasteiger charge is -2.08. The van der Waals surface area contributed by atoms with E-state index in [9.17, 15) is 9.59 Å². The molecule has 4 heteroatoms. The van der Waals surface area contributed by atoms with Crippen LogP contribution in [0.3, 0.4) is 0 Å². The van der Waals surface area contributed by atoms with Crippen molar-refractivity contribution in [1.29, 1.82) is 0 Å². The first-order valence-electron chi connectivity index (χ1n) is 9.48. The van der Waals surface area contributed by atoms with Crippen LogP contribution in [0.25, 0.3) is 22.2 Å². The lowest BCUT2D eigenvalue weighted by molar-refractivity contribution is 0.0475. The molecule has 4 rings (SSSR count). The van der Waals surface area contributed by atoms with Gasteiger partial charge in [-0.05, 0) is 48.7 Å². The van der Waals surface area contributed by atoms with E-state index in [0.29, 0.717) is 11.1 Å². The zero-order valence-electron chi connectivity index (χ0n) is 16.4. The third kappa shape index (κ3) is 3.69. The molecule has 144 valence electrons. The van der Waals surface area contributed by atoms with Crippen LogP contribution in [0.1, 0.15) is 31.8 Å². The monoisotopic (exact) mass is 383 g/mol. The molecule has 0 radical (unpaired) electrons. The van der Waals surface area contributed by atoms with Crippen molar-refractivity contribution in [1.82, 2.24) is 4.98 Å². The topological polar surface area (TPSA) is 59.2 Å². The third-order valence-electron chi connectivity index (χ3n) is 5.12. The average molecular weight is 383 g/mol. The molecule has 4 nitrogen and oxygen atoms in total. The van der Waals surface area contributed by atoms with Crippen LogP contribution in [-0.4, -0.2) is 23.3 Å². The van der Waals surface area contributed by atoms with E-state index >= 15 is 0 Å². The van der Waals surface area contributed by atoms with Gasteiger partial charge in [0.1, 0.15) is 0 Å². The van der Waals surface area contributed by atoms with Crippen LogP contribution in [0.5, 0.6) is 0 Å². The van der Waals surface area contributed by atoms with Crippen LogP contribution in [-0.2, 0) is 4.74 Å². The molecule has 0 saturated carbocycles. The van der Waals surface area contributed by atoms with Gasteiger partial charge in [-0.15, -0.1) is 0 Å². The summed E-state index contributed by atoms with van der Waals surface area (Å²) in [5.41, 5.74) is 5.61. The number of hydrogen-bond acceptors (Lipinski definition) is 3. The molecule has 1 heterocycles. The van der Waals surface area contributed by atoms with Crippen molar-refractivity contribution in [3.8, 4) is 11.3 Å². The van der Waals surface area contributed by atoms with E-state index in [0.717, 1.165) is 33.3 Å². The molecule has 0 unspecified atom stereocenters. The summed E-state index contributed by atoms with van der Waals surface area (Å²) in [7, 11) is 0. The highest BCUT2D eigenvalue weighted by Gasteiger charge is 2.21. The van der Waals surface area contributed by atoms with Gasteiger partial charge in [-0.2, -0.15) is 0 Å². The Kier molecular flexibility index (Phi) is 5.00. The molecule has 29 heavy (non-hydrogen) atoms. The number of carbonyl (C=O) groups excluding carboxylic acids is 2. The van der Waals surface area contributed by atoms with Gasteiger partial charge in [0, 0.05) is 10.9 Å². The van der Waals surface area contributed by atoms with Crippen molar-refractivity contribution in [2.24, 2.45) is 0 Å². The Balaban J connectivity index is 1.63. The van der Waals surface area contributed by atoms with Crippen LogP contribution in [0.15, 0.2) is 72.8 Å². The van der Waals surface area contributed by atoms with Gasteiger partial charge in [0.05, 0.1) is 16.8 Å². The summed E-state index contributed by atoms with van der Waals surface area (Å²) >= 11 is 0. The normalized spacial score (nSPS) is 10.8. The molecular formula is C25H21NO3. The number of benzene rings is 3. The molecule has 0 atom stereocenters. The lowest BCUT2D eigenvalue weighted by atomic mass is 10.0. The molecule has 0 saturated heterocycles. The van der Waals surface area contributed by atoms with Gasteiger partial charge in [-0.25, -0.2) is 4.79 Å². The van der Waals surface area contributed by atoms with Gasteiger partial charge >= 0.3 is 5.97 Å². The van der Waals surface area contributed by atoms with Crippen molar-refractivity contribution in [2.45, 2.75) is 13.8 Å². The highest BCUT2D eigenvalue weighted by molar-refractivity contribution is 6.14. The number of nitrogens with one attached hydrogen (secondary N) is 1. The predicted octanol–water partition coefficient (Wildman–Crippen LogP) is 5.49. The Morgan fingerprint density at radius 3 is 2.34 bits per heavy atom. The number of fused-ring (bicyclic) bond motifs is 1. The molecular weight excluding hydrogens is 362 g/mol. The maximum absolute atomic E-state index is 13.1. The first kappa shape index (κ1) is 18.7. The van der Waals surface area contributed by atoms with Crippen LogP contribution < -0.4 is 0 Å². The van der Waals surface area contributed by atoms with Crippen LogP contribution >= 0.6 is 0 Å². The average Bonchev–Trinajstić information content (AvgIpc) is 3.14. The molecule has 0 amide bonds. The number of para-hydroxylation sites is 1. The van der Waals surface area contributed by atoms with Crippen molar-refractivity contribution in [3.63, 3.8) is 0 Å². The van der Waals surface area contributed by atoms with Crippen LogP contribution in [0.2, 0.25) is 0 Å². The second-order valence-corrected chi connectivity index (χ2v) is 7.08. The molecule has 0 spiro atoms. The molecule has 4 aromatic rings. The number of Topliss-reactive ketones (excluding diaryl/α,β-unsaturated/α-hetero) is 1. The molecule has 0 aliphatic heterocycles. The van der Waals surface area contributed by atoms with Crippen molar-refractivity contribution in [3.05, 3.63) is 95.1 Å². The molecule has 1 aromatic heterocycles. The van der Waals surface area contributed by atoms with Gasteiger partial charge in [0.25, 0.3) is 0 Å². The maximum atomic E-state index is 13.1. The fraction of sp³-hybridized carbons (Fsp3) is 0.120. The second-order valence-electron chi connectivity index (χ2n) is 7.08. The number of rotatable bonds is 5. The number of carbonyl (C=O) groups is 2. The smallest absolute Gasteiger partial charge is 0.338 e. The summed E-state index contributed by atoms with van der Waals surface area (Å²) in [6, 6.07) is 22.7. The first-order valence-corrected chi connectivity index (χ1v) is 9.48. The number of esters is 1. The minimum Gasteiger partial charge on any atom is -0.454 e. The number of aromatic amines is 1. The zero-order valence-corrected chi connectivity index (χ0v) is 16.4. The molecule has 0 aliphatic rings. The Morgan fingerprint density at radius 1 is 0.862 bits per heavy atom. The van der Waals surface area contributed by atoms with E-state index in [1.165, 1.54) is 0 Å². The first-order chi connectivity index (χ1) is 14.0. The van der Waals surface area contributed by atoms with E-state index in [4.69, 9.17) is 4.74 Å². The minimum absolute atomic E-state index is 0.238. The Bertz CT molecular complexity index is 1210. The summed E-state index contributed by atoms with van der Waals surface area (Å²) < 4.78 is 5.35. The van der Waals surface area contributed by atoms with E-state index in [1.54, 1.807) is 12.1 Å². The highest BCUT2D eigenvalue weighted by atomic mass is 16.5. The van der Waals surface area contributed by atoms with E-state index in [1.807, 2.05) is 74.5 Å². The van der Waals surface area contributed by atoms with Crippen molar-refractivity contribution < 1.29 is 14.3 Å². The summed E-state index contributed by atoms with van der Waals surface area (Å²) in [4.78, 5) is 28.8. The zero-order chi connectivity index (χ0) is 20.4. The standard InChI is InChI=1S/C25H21NO3/c1-16-12-13-19(14-17(16)2)25(28)29-15-22(27)23-20-10-6-7-11-21(20)26-24(23)18-8-4-3-5-9-18/h3-14,26H,15H2,1-2H3. The van der Waals surface area contributed by atoms with Gasteiger partial charge in [0.15, 0.2) is 6.61 Å². The van der Waals surface area contributed by atoms with E-state index in [-0.39, 0.29) is 12.4 Å². The number of aryl methyl sites for hydroxylation is 2. The molecule has 1 N–H and O–H groups in total. The number of H-pyrrole nitrogens is 1. The predicted molar refractivity (Wildman–Crippen MR) is 114 cm³/mol. The number of ether oxygens (including phenoxy) is 1. The largest absolute Gasteiger partial charge is 0.454 e. The van der Waals surface area contributed by atoms with Crippen molar-refractivity contribution in [2.75, 3.05) is 6.61 Å². The summed E-state index contributed by atoms with van der Waals surface area (Å²) in [5.74, 6) is -0.735. The third-order valence-corrected chi connectivity index (χ3v) is 5.12. The van der Waals surface area contributed by atoms with Crippen LogP contribution in [0.4, 0.5) is 0 Å². The second kappa shape index (κ2) is 7.76. The molecule has 3 aromatic carbocycles. The Hall–Kier alpha value is -3.66. The highest BCUT2D eigenvalue weighted by Crippen LogP contribution is 2.30. The number of hydrogen-bond donors (Lipinski definition) is 1. The molecule has 0 fully saturated rings. The summed E-state index contributed by atoms with van der Waals surface area (Å²) in [5, 5.41) is 0.818. The lowest BCUT2D eigenvalue weighted by Crippen LogP contribution is -2.15. The number of ketones is 1. The number of aromatic nitrogens is 1. The van der Waals surface area contributed by atoms with Gasteiger partial charge < -0.3 is 9.72 Å². The van der Waals surface area contributed by atoms with Gasteiger partial charge in [-0.1, -0.05) is 54.6 Å². The minimum atomic E-state index is -0.498. The van der Waals surface area contributed by atoms with E-state index < -0.39 is 5.97 Å². The Morgan fingerprint density at radius 2 is 1.59 bits per heavy atom. The molecule has 0 bridgehead atoms. The van der Waals surface area contributed by atoms with E-state index in [2.05, 4.69) is 4.98 Å². The molecule has 0 aliphatic carbocycles. The van der Waals surface area contributed by atoms with Crippen LogP contribution in [0, 0.1) is 13.8 Å². The summed E-state index contributed by atoms with van der Waals surface area (Å²) in [6.45, 7) is 3.61. The van der Waals surface area contributed by atoms with Gasteiger partial charge in [0.2, 0.25) is 5.78 Å². The van der Waals surface area contributed by atoms with Crippen molar-refractivity contribution >= 4 is 22.7 Å². The summed E-state index contributed by atoms with van der Waals surface area (Å²) in [6.07, 6.45) is 0. The SMILES string of the molecule is Cc1ccc(C(=O)OCC(=O)c2c(-c3ccccc3)[nH]c3ccccc23)cc1C. The fourth-order valence-electron chi connectivity index (χ4n) is 3.41. The maximum Gasteiger partial charge on any atom is 0.338 e. The Labute approximate surface area is 169 Å². The quantitative estimate of drug-likeness (QED) is 0.366. The fourth-order valence-corrected chi connectivity index (χ4v) is 3.41.